The van der Waals surface area contributed by atoms with E-state index in [4.69, 9.17) is 4.98 Å². The first-order valence-corrected chi connectivity index (χ1v) is 17.4. The molecule has 0 aliphatic heterocycles. The molecule has 4 heteroatoms. The average Bonchev–Trinajstić information content (AvgIpc) is 3.73. The van der Waals surface area contributed by atoms with Gasteiger partial charge in [-0.3, -0.25) is 4.57 Å². The van der Waals surface area contributed by atoms with Crippen molar-refractivity contribution in [2.75, 3.05) is 0 Å². The van der Waals surface area contributed by atoms with Crippen LogP contribution < -0.4 is 0 Å². The van der Waals surface area contributed by atoms with E-state index in [1.165, 1.54) is 38.1 Å². The Morgan fingerprint density at radius 1 is 0.385 bits per heavy atom. The third-order valence-electron chi connectivity index (χ3n) is 10.1. The minimum Gasteiger partial charge on any atom is -0.309 e. The Morgan fingerprint density at radius 3 is 1.60 bits per heavy atom. The van der Waals surface area contributed by atoms with E-state index in [0.29, 0.717) is 5.56 Å². The summed E-state index contributed by atoms with van der Waals surface area (Å²) in [6.07, 6.45) is 0. The Balaban J connectivity index is 1.17. The number of hydrogen-bond acceptors (Lipinski definition) is 2. The molecule has 0 atom stereocenters. The highest BCUT2D eigenvalue weighted by Gasteiger charge is 2.18. The molecule has 4 nitrogen and oxygen atoms in total. The molecule has 3 aromatic heterocycles. The van der Waals surface area contributed by atoms with Gasteiger partial charge >= 0.3 is 0 Å². The Labute approximate surface area is 300 Å². The van der Waals surface area contributed by atoms with Gasteiger partial charge in [-0.25, -0.2) is 4.98 Å². The summed E-state index contributed by atoms with van der Waals surface area (Å²) in [4.78, 5) is 5.28. The number of rotatable bonds is 5. The number of nitrogens with zero attached hydrogens (tertiary/aromatic N) is 4. The van der Waals surface area contributed by atoms with Crippen LogP contribution in [0.2, 0.25) is 0 Å². The van der Waals surface area contributed by atoms with Crippen molar-refractivity contribution in [3.05, 3.63) is 188 Å². The van der Waals surface area contributed by atoms with E-state index >= 15 is 0 Å². The first-order valence-electron chi connectivity index (χ1n) is 17.4. The maximum Gasteiger partial charge on any atom is 0.138 e. The van der Waals surface area contributed by atoms with Crippen LogP contribution in [-0.4, -0.2) is 14.1 Å². The van der Waals surface area contributed by atoms with E-state index < -0.39 is 0 Å². The van der Waals surface area contributed by atoms with Crippen LogP contribution in [0.25, 0.3) is 88.6 Å². The van der Waals surface area contributed by atoms with Crippen LogP contribution >= 0.6 is 0 Å². The second-order valence-corrected chi connectivity index (χ2v) is 13.2. The molecule has 0 fully saturated rings. The highest BCUT2D eigenvalue weighted by molar-refractivity contribution is 6.12. The first-order chi connectivity index (χ1) is 25.7. The van der Waals surface area contributed by atoms with Crippen LogP contribution in [0.4, 0.5) is 0 Å². The molecule has 242 valence electrons. The van der Waals surface area contributed by atoms with E-state index in [1.54, 1.807) is 0 Å². The number of fused-ring (bicyclic) bond motifs is 6. The molecule has 0 spiro atoms. The first kappa shape index (κ1) is 29.7. The average molecular weight is 663 g/mol. The smallest absolute Gasteiger partial charge is 0.138 e. The predicted octanol–water partition coefficient (Wildman–Crippen LogP) is 12.1. The fourth-order valence-electron chi connectivity index (χ4n) is 7.73. The standard InChI is InChI=1S/C48H30N4/c49-31-32-12-11-15-34(26-32)37-29-43(33-13-3-1-4-14-33)50-48(30-37)52-45-21-10-8-19-40(45)42-28-36(23-25-47(42)52)35-22-24-46-41(27-35)39-18-7-9-20-44(39)51(46)38-16-5-2-6-17-38/h1-30H. The van der Waals surface area contributed by atoms with Gasteiger partial charge in [-0.05, 0) is 95.1 Å². The lowest BCUT2D eigenvalue weighted by Gasteiger charge is -2.13. The number of pyridine rings is 1. The van der Waals surface area contributed by atoms with Crippen molar-refractivity contribution >= 4 is 43.6 Å². The Morgan fingerprint density at radius 2 is 0.923 bits per heavy atom. The van der Waals surface area contributed by atoms with Crippen LogP contribution in [0.15, 0.2) is 182 Å². The maximum atomic E-state index is 9.67. The number of benzene rings is 7. The topological polar surface area (TPSA) is 46.5 Å². The van der Waals surface area contributed by atoms with Crippen molar-refractivity contribution in [2.45, 2.75) is 0 Å². The van der Waals surface area contributed by atoms with Gasteiger partial charge in [0.2, 0.25) is 0 Å². The molecule has 0 amide bonds. The third-order valence-corrected chi connectivity index (χ3v) is 10.1. The van der Waals surface area contributed by atoms with Crippen LogP contribution in [0.3, 0.4) is 0 Å². The lowest BCUT2D eigenvalue weighted by molar-refractivity contribution is 1.08. The monoisotopic (exact) mass is 662 g/mol. The molecule has 0 N–H and O–H groups in total. The third kappa shape index (κ3) is 4.80. The zero-order valence-electron chi connectivity index (χ0n) is 28.1. The van der Waals surface area contributed by atoms with Crippen molar-refractivity contribution in [1.29, 1.82) is 5.26 Å². The number of nitriles is 1. The van der Waals surface area contributed by atoms with Crippen LogP contribution in [0.5, 0.6) is 0 Å². The van der Waals surface area contributed by atoms with Crippen LogP contribution in [0, 0.1) is 11.3 Å². The molecule has 0 unspecified atom stereocenters. The molecule has 7 aromatic carbocycles. The van der Waals surface area contributed by atoms with Crippen molar-refractivity contribution in [2.24, 2.45) is 0 Å². The molecular formula is C48H30N4. The molecule has 10 rings (SSSR count). The molecule has 10 aromatic rings. The van der Waals surface area contributed by atoms with Crippen LogP contribution in [-0.2, 0) is 0 Å². The molecule has 0 aliphatic rings. The zero-order valence-corrected chi connectivity index (χ0v) is 28.1. The van der Waals surface area contributed by atoms with Gasteiger partial charge in [0, 0.05) is 32.8 Å². The van der Waals surface area contributed by atoms with Crippen LogP contribution in [0.1, 0.15) is 5.56 Å². The Bertz CT molecular complexity index is 3020. The van der Waals surface area contributed by atoms with Gasteiger partial charge in [0.05, 0.1) is 39.4 Å². The second kappa shape index (κ2) is 12.0. The van der Waals surface area contributed by atoms with Crippen molar-refractivity contribution < 1.29 is 0 Å². The van der Waals surface area contributed by atoms with Gasteiger partial charge in [-0.15, -0.1) is 0 Å². The maximum absolute atomic E-state index is 9.67. The van der Waals surface area contributed by atoms with E-state index in [1.807, 2.05) is 36.4 Å². The van der Waals surface area contributed by atoms with Gasteiger partial charge in [-0.1, -0.05) is 109 Å². The fourth-order valence-corrected chi connectivity index (χ4v) is 7.73. The van der Waals surface area contributed by atoms with E-state index in [9.17, 15) is 5.26 Å². The summed E-state index contributed by atoms with van der Waals surface area (Å²) >= 11 is 0. The number of para-hydroxylation sites is 3. The molecule has 0 radical (unpaired) electrons. The summed E-state index contributed by atoms with van der Waals surface area (Å²) in [5.41, 5.74) is 12.6. The van der Waals surface area contributed by atoms with Crippen molar-refractivity contribution in [3.8, 4) is 51.1 Å². The van der Waals surface area contributed by atoms with E-state index in [0.717, 1.165) is 50.5 Å². The Kier molecular flexibility index (Phi) is 6.84. The molecule has 0 saturated carbocycles. The largest absolute Gasteiger partial charge is 0.309 e. The highest BCUT2D eigenvalue weighted by Crippen LogP contribution is 2.39. The summed E-state index contributed by atoms with van der Waals surface area (Å²) in [6, 6.07) is 66.1. The SMILES string of the molecule is N#Cc1cccc(-c2cc(-c3ccccc3)nc(-n3c4ccccc4c4cc(-c5ccc6c(c5)c5ccccc5n6-c5ccccc5)ccc43)c2)c1. The predicted molar refractivity (Wildman–Crippen MR) is 214 cm³/mol. The molecule has 0 bridgehead atoms. The number of hydrogen-bond donors (Lipinski definition) is 0. The lowest BCUT2D eigenvalue weighted by Crippen LogP contribution is -2.00. The zero-order chi connectivity index (χ0) is 34.6. The van der Waals surface area contributed by atoms with Gasteiger partial charge in [0.15, 0.2) is 0 Å². The quantitative estimate of drug-likeness (QED) is 0.184. The van der Waals surface area contributed by atoms with Crippen molar-refractivity contribution in [1.82, 2.24) is 14.1 Å². The van der Waals surface area contributed by atoms with Gasteiger partial charge in [0.1, 0.15) is 5.82 Å². The second-order valence-electron chi connectivity index (χ2n) is 13.2. The lowest BCUT2D eigenvalue weighted by atomic mass is 10.0. The van der Waals surface area contributed by atoms with Gasteiger partial charge in [0.25, 0.3) is 0 Å². The fraction of sp³-hybridized carbons (Fsp3) is 0. The summed E-state index contributed by atoms with van der Waals surface area (Å²) in [7, 11) is 0. The van der Waals surface area contributed by atoms with Gasteiger partial charge < -0.3 is 4.57 Å². The minimum absolute atomic E-state index is 0.629. The van der Waals surface area contributed by atoms with E-state index in [2.05, 4.69) is 161 Å². The normalized spacial score (nSPS) is 11.4. The molecule has 0 saturated heterocycles. The summed E-state index contributed by atoms with van der Waals surface area (Å²) in [5, 5.41) is 14.5. The summed E-state index contributed by atoms with van der Waals surface area (Å²) in [6.45, 7) is 0. The molecular weight excluding hydrogens is 633 g/mol. The summed E-state index contributed by atoms with van der Waals surface area (Å²) in [5.74, 6) is 0.827. The molecule has 3 heterocycles. The Hall–Kier alpha value is -7.22. The summed E-state index contributed by atoms with van der Waals surface area (Å²) < 4.78 is 4.63. The number of aromatic nitrogens is 3. The highest BCUT2D eigenvalue weighted by atomic mass is 15.1. The van der Waals surface area contributed by atoms with Crippen molar-refractivity contribution in [3.63, 3.8) is 0 Å². The molecule has 52 heavy (non-hydrogen) atoms. The van der Waals surface area contributed by atoms with Gasteiger partial charge in [-0.2, -0.15) is 5.26 Å². The molecule has 0 aliphatic carbocycles. The van der Waals surface area contributed by atoms with E-state index in [-0.39, 0.29) is 0 Å². The minimum atomic E-state index is 0.629.